The molecule has 0 saturated heterocycles. The molecule has 244 valence electrons. The van der Waals surface area contributed by atoms with Gasteiger partial charge in [0.1, 0.15) is 0 Å². The van der Waals surface area contributed by atoms with E-state index in [0.29, 0.717) is 11.8 Å². The molecule has 0 bridgehead atoms. The highest BCUT2D eigenvalue weighted by Gasteiger charge is 2.36. The number of aryl methyl sites for hydroxylation is 2. The van der Waals surface area contributed by atoms with Gasteiger partial charge in [-0.25, -0.2) is 0 Å². The Morgan fingerprint density at radius 1 is 0.489 bits per heavy atom. The van der Waals surface area contributed by atoms with Crippen LogP contribution in [-0.2, 0) is 12.8 Å². The molecule has 4 aromatic rings. The quantitative estimate of drug-likeness (QED) is 0.152. The van der Waals surface area contributed by atoms with Gasteiger partial charge in [-0.3, -0.25) is 0 Å². The second-order valence-electron chi connectivity index (χ2n) is 16.2. The van der Waals surface area contributed by atoms with Crippen molar-refractivity contribution in [2.24, 2.45) is 10.8 Å². The Morgan fingerprint density at radius 3 is 1.26 bits per heavy atom. The average Bonchev–Trinajstić information content (AvgIpc) is 3.62. The van der Waals surface area contributed by atoms with Crippen LogP contribution < -0.4 is 0 Å². The zero-order chi connectivity index (χ0) is 33.3. The number of hydrogen-bond acceptors (Lipinski definition) is 0. The molecule has 0 radical (unpaired) electrons. The first-order valence-electron chi connectivity index (χ1n) is 18.4. The van der Waals surface area contributed by atoms with E-state index in [4.69, 9.17) is 0 Å². The van der Waals surface area contributed by atoms with Crippen molar-refractivity contribution in [1.29, 1.82) is 0 Å². The summed E-state index contributed by atoms with van der Waals surface area (Å²) in [5.74, 6) is 1.07. The van der Waals surface area contributed by atoms with E-state index in [2.05, 4.69) is 152 Å². The first-order chi connectivity index (χ1) is 22.5. The second-order valence-corrected chi connectivity index (χ2v) is 18.0. The van der Waals surface area contributed by atoms with Crippen LogP contribution >= 0.6 is 0 Å². The van der Waals surface area contributed by atoms with Crippen molar-refractivity contribution in [1.82, 2.24) is 0 Å². The molecule has 0 aliphatic heterocycles. The van der Waals surface area contributed by atoms with Gasteiger partial charge in [0.05, 0.1) is 0 Å². The summed E-state index contributed by atoms with van der Waals surface area (Å²) in [7, 11) is -0.370. The molecule has 0 heterocycles. The van der Waals surface area contributed by atoms with E-state index in [9.17, 15) is 0 Å². The highest BCUT2D eigenvalue weighted by molar-refractivity contribution is 6.36. The SMILES string of the molecule is CCCc1ccccc1-c1cccc2c1C=C(C(C)(C)C)C2C[SiH2]CC1C(C(C)(C)C)=Cc2c(-c3ccccc3CCC)cccc21. The fraction of sp³-hybridized carbons (Fsp3) is 0.391. The molecule has 47 heavy (non-hydrogen) atoms. The van der Waals surface area contributed by atoms with Gasteiger partial charge in [-0.1, -0.05) is 189 Å². The van der Waals surface area contributed by atoms with Crippen LogP contribution in [0.4, 0.5) is 0 Å². The Labute approximate surface area is 288 Å². The van der Waals surface area contributed by atoms with Crippen LogP contribution in [0.5, 0.6) is 0 Å². The third-order valence-electron chi connectivity index (χ3n) is 10.8. The summed E-state index contributed by atoms with van der Waals surface area (Å²) in [6.45, 7) is 19.1. The lowest BCUT2D eigenvalue weighted by Crippen LogP contribution is -2.18. The Bertz CT molecular complexity index is 1670. The summed E-state index contributed by atoms with van der Waals surface area (Å²) in [5, 5.41) is 0. The predicted octanol–water partition coefficient (Wildman–Crippen LogP) is 12.7. The molecule has 2 atom stereocenters. The van der Waals surface area contributed by atoms with Crippen LogP contribution in [0.1, 0.15) is 113 Å². The minimum absolute atomic E-state index is 0.148. The van der Waals surface area contributed by atoms with Crippen LogP contribution in [0, 0.1) is 10.8 Å². The van der Waals surface area contributed by atoms with Gasteiger partial charge in [0.25, 0.3) is 0 Å². The maximum Gasteiger partial charge on any atom is 0.0218 e. The molecule has 2 aliphatic rings. The lowest BCUT2D eigenvalue weighted by atomic mass is 9.79. The molecule has 0 amide bonds. The molecule has 1 heteroatoms. The van der Waals surface area contributed by atoms with Crippen molar-refractivity contribution in [3.63, 3.8) is 0 Å². The highest BCUT2D eigenvalue weighted by Crippen LogP contribution is 2.52. The molecule has 0 nitrogen and oxygen atoms in total. The normalized spacial score (nSPS) is 17.6. The third-order valence-corrected chi connectivity index (χ3v) is 12.7. The van der Waals surface area contributed by atoms with E-state index in [1.165, 1.54) is 69.4 Å². The van der Waals surface area contributed by atoms with Crippen LogP contribution in [0.25, 0.3) is 34.4 Å². The van der Waals surface area contributed by atoms with Crippen LogP contribution in [0.2, 0.25) is 12.1 Å². The van der Waals surface area contributed by atoms with Gasteiger partial charge in [0.15, 0.2) is 0 Å². The maximum absolute atomic E-state index is 2.60. The zero-order valence-electron chi connectivity index (χ0n) is 30.3. The van der Waals surface area contributed by atoms with Gasteiger partial charge in [-0.05, 0) is 79.3 Å². The summed E-state index contributed by atoms with van der Waals surface area (Å²) in [4.78, 5) is 0. The van der Waals surface area contributed by atoms with Crippen molar-refractivity contribution < 1.29 is 0 Å². The van der Waals surface area contributed by atoms with Crippen LogP contribution in [0.15, 0.2) is 96.1 Å². The zero-order valence-corrected chi connectivity index (χ0v) is 31.8. The summed E-state index contributed by atoms with van der Waals surface area (Å²) in [5.41, 5.74) is 18.3. The van der Waals surface area contributed by atoms with Gasteiger partial charge < -0.3 is 0 Å². The maximum atomic E-state index is 2.60. The topological polar surface area (TPSA) is 0 Å². The number of allylic oxidation sites excluding steroid dienone is 2. The third kappa shape index (κ3) is 6.66. The lowest BCUT2D eigenvalue weighted by Gasteiger charge is -2.30. The van der Waals surface area contributed by atoms with Gasteiger partial charge in [-0.2, -0.15) is 0 Å². The van der Waals surface area contributed by atoms with Crippen LogP contribution in [0.3, 0.4) is 0 Å². The predicted molar refractivity (Wildman–Crippen MR) is 210 cm³/mol. The summed E-state index contributed by atoms with van der Waals surface area (Å²) >= 11 is 0. The number of benzene rings is 4. The van der Waals surface area contributed by atoms with Gasteiger partial charge >= 0.3 is 0 Å². The Hall–Kier alpha value is -3.42. The number of hydrogen-bond donors (Lipinski definition) is 0. The summed E-state index contributed by atoms with van der Waals surface area (Å²) in [6.07, 6.45) is 9.79. The van der Waals surface area contributed by atoms with Gasteiger partial charge in [-0.15, -0.1) is 0 Å². The van der Waals surface area contributed by atoms with Crippen LogP contribution in [-0.4, -0.2) is 9.52 Å². The number of rotatable bonds is 10. The van der Waals surface area contributed by atoms with Crippen molar-refractivity contribution in [3.8, 4) is 22.3 Å². The fourth-order valence-corrected chi connectivity index (χ4v) is 10.9. The standard InChI is InChI=1S/C46H56Si/c1-9-17-31-19-11-13-21-33(31)35-23-15-25-37-39(35)27-43(45(3,4)5)41(37)29-47-30-42-38-26-16-24-36(40(38)28-44(42)46(6,7)8)34-22-14-12-20-32(34)18-10-2/h11-16,19-28,41-42H,9-10,17-18,29-30,47H2,1-8H3. The molecule has 6 rings (SSSR count). The van der Waals surface area contributed by atoms with E-state index >= 15 is 0 Å². The molecule has 0 aromatic heterocycles. The lowest BCUT2D eigenvalue weighted by molar-refractivity contribution is 0.475. The molecule has 0 N–H and O–H groups in total. The minimum Gasteiger partial charge on any atom is -0.0651 e. The fourth-order valence-electron chi connectivity index (χ4n) is 8.58. The van der Waals surface area contributed by atoms with E-state index in [-0.39, 0.29) is 20.3 Å². The molecule has 2 aliphatic carbocycles. The monoisotopic (exact) mass is 636 g/mol. The molecular weight excluding hydrogens is 581 g/mol. The van der Waals surface area contributed by atoms with E-state index in [1.54, 1.807) is 22.3 Å². The largest absolute Gasteiger partial charge is 0.0651 e. The van der Waals surface area contributed by atoms with Crippen molar-refractivity contribution in [2.45, 2.75) is 105 Å². The average molecular weight is 637 g/mol. The first kappa shape index (κ1) is 33.5. The van der Waals surface area contributed by atoms with Crippen molar-refractivity contribution in [2.75, 3.05) is 0 Å². The first-order valence-corrected chi connectivity index (χ1v) is 20.4. The second kappa shape index (κ2) is 13.6. The van der Waals surface area contributed by atoms with Crippen molar-refractivity contribution in [3.05, 3.63) is 129 Å². The van der Waals surface area contributed by atoms with Gasteiger partial charge in [0.2, 0.25) is 0 Å². The number of fused-ring (bicyclic) bond motifs is 2. The molecule has 0 spiro atoms. The van der Waals surface area contributed by atoms with E-state index in [1.807, 2.05) is 0 Å². The Morgan fingerprint density at radius 2 is 0.872 bits per heavy atom. The highest BCUT2D eigenvalue weighted by atomic mass is 28.2. The smallest absolute Gasteiger partial charge is 0.0218 e. The Kier molecular flexibility index (Phi) is 9.68. The minimum atomic E-state index is -0.370. The molecular formula is C46H56Si. The van der Waals surface area contributed by atoms with E-state index in [0.717, 1.165) is 12.8 Å². The van der Waals surface area contributed by atoms with Gasteiger partial charge in [0, 0.05) is 21.4 Å². The Balaban J connectivity index is 1.32. The van der Waals surface area contributed by atoms with E-state index < -0.39 is 0 Å². The summed E-state index contributed by atoms with van der Waals surface area (Å²) in [6, 6.07) is 35.2. The molecule has 0 fully saturated rings. The molecule has 4 aromatic carbocycles. The molecule has 0 saturated carbocycles. The molecule has 2 unspecified atom stereocenters. The van der Waals surface area contributed by atoms with Crippen molar-refractivity contribution >= 4 is 21.7 Å². The summed E-state index contributed by atoms with van der Waals surface area (Å²) < 4.78 is 0.